The fraction of sp³-hybridized carbons (Fsp3) is 0.250. The monoisotopic (exact) mass is 262 g/mol. The molecule has 0 radical (unpaired) electrons. The van der Waals surface area contributed by atoms with Gasteiger partial charge in [0, 0.05) is 11.1 Å². The first-order valence-corrected chi connectivity index (χ1v) is 6.11. The smallest absolute Gasteiger partial charge is 0.132 e. The van der Waals surface area contributed by atoms with Crippen molar-refractivity contribution in [3.63, 3.8) is 0 Å². The summed E-state index contributed by atoms with van der Waals surface area (Å²) in [6.45, 7) is 5.10. The van der Waals surface area contributed by atoms with Crippen molar-refractivity contribution in [3.8, 4) is 0 Å². The van der Waals surface area contributed by atoms with Crippen molar-refractivity contribution in [1.29, 1.82) is 0 Å². The Morgan fingerprint density at radius 3 is 2.32 bits per heavy atom. The predicted octanol–water partition coefficient (Wildman–Crippen LogP) is 3.97. The lowest BCUT2D eigenvalue weighted by Gasteiger charge is -2.17. The SMILES string of the molecule is Cc1cc(C)c(C(O)c2cccc(C)c2F)c(F)c1. The van der Waals surface area contributed by atoms with Gasteiger partial charge in [0.15, 0.2) is 0 Å². The van der Waals surface area contributed by atoms with Gasteiger partial charge in [-0.15, -0.1) is 0 Å². The van der Waals surface area contributed by atoms with Crippen LogP contribution in [0.2, 0.25) is 0 Å². The number of hydrogen-bond acceptors (Lipinski definition) is 1. The highest BCUT2D eigenvalue weighted by molar-refractivity contribution is 5.40. The van der Waals surface area contributed by atoms with Crippen molar-refractivity contribution in [2.24, 2.45) is 0 Å². The Labute approximate surface area is 111 Å². The van der Waals surface area contributed by atoms with Crippen LogP contribution in [0, 0.1) is 32.4 Å². The van der Waals surface area contributed by atoms with Gasteiger partial charge >= 0.3 is 0 Å². The Balaban J connectivity index is 2.56. The zero-order valence-electron chi connectivity index (χ0n) is 11.2. The van der Waals surface area contributed by atoms with E-state index in [0.717, 1.165) is 5.56 Å². The highest BCUT2D eigenvalue weighted by Crippen LogP contribution is 2.30. The maximum absolute atomic E-state index is 14.0. The number of rotatable bonds is 2. The van der Waals surface area contributed by atoms with E-state index in [2.05, 4.69) is 0 Å². The molecule has 1 N–H and O–H groups in total. The Morgan fingerprint density at radius 1 is 1.00 bits per heavy atom. The predicted molar refractivity (Wildman–Crippen MR) is 71.1 cm³/mol. The minimum absolute atomic E-state index is 0.103. The molecule has 2 aromatic rings. The van der Waals surface area contributed by atoms with E-state index in [4.69, 9.17) is 0 Å². The molecule has 0 aliphatic carbocycles. The molecule has 2 aromatic carbocycles. The second-order valence-corrected chi connectivity index (χ2v) is 4.86. The van der Waals surface area contributed by atoms with E-state index in [1.165, 1.54) is 12.1 Å². The lowest BCUT2D eigenvalue weighted by atomic mass is 9.94. The summed E-state index contributed by atoms with van der Waals surface area (Å²) in [6, 6.07) is 7.86. The Morgan fingerprint density at radius 2 is 1.68 bits per heavy atom. The number of aliphatic hydroxyl groups excluding tert-OH is 1. The van der Waals surface area contributed by atoms with E-state index in [-0.39, 0.29) is 11.1 Å². The minimum Gasteiger partial charge on any atom is -0.383 e. The molecule has 1 atom stereocenters. The lowest BCUT2D eigenvalue weighted by Crippen LogP contribution is -2.08. The fourth-order valence-electron chi connectivity index (χ4n) is 2.31. The van der Waals surface area contributed by atoms with Crippen molar-refractivity contribution in [1.82, 2.24) is 0 Å². The molecule has 0 fully saturated rings. The summed E-state index contributed by atoms with van der Waals surface area (Å²) in [5.74, 6) is -1.000. The summed E-state index contributed by atoms with van der Waals surface area (Å²) in [5, 5.41) is 10.3. The van der Waals surface area contributed by atoms with Crippen LogP contribution in [0.3, 0.4) is 0 Å². The lowest BCUT2D eigenvalue weighted by molar-refractivity contribution is 0.208. The molecule has 0 aromatic heterocycles. The number of hydrogen-bond donors (Lipinski definition) is 1. The number of aryl methyl sites for hydroxylation is 3. The highest BCUT2D eigenvalue weighted by atomic mass is 19.1. The second-order valence-electron chi connectivity index (χ2n) is 4.86. The molecule has 2 rings (SSSR count). The van der Waals surface area contributed by atoms with Crippen LogP contribution >= 0.6 is 0 Å². The maximum atomic E-state index is 14.0. The summed E-state index contributed by atoms with van der Waals surface area (Å²) in [5.41, 5.74) is 2.06. The molecular weight excluding hydrogens is 246 g/mol. The standard InChI is InChI=1S/C16H16F2O/c1-9-7-11(3)14(13(17)8-9)16(19)12-6-4-5-10(2)15(12)18/h4-8,16,19H,1-3H3. The molecule has 0 saturated carbocycles. The Hall–Kier alpha value is -1.74. The van der Waals surface area contributed by atoms with E-state index < -0.39 is 17.7 Å². The van der Waals surface area contributed by atoms with E-state index >= 15 is 0 Å². The van der Waals surface area contributed by atoms with E-state index in [1.54, 1.807) is 39.0 Å². The summed E-state index contributed by atoms with van der Waals surface area (Å²) >= 11 is 0. The molecule has 19 heavy (non-hydrogen) atoms. The molecule has 100 valence electrons. The Bertz CT molecular complexity index is 597. The van der Waals surface area contributed by atoms with Gasteiger partial charge in [0.2, 0.25) is 0 Å². The molecule has 1 unspecified atom stereocenters. The zero-order valence-corrected chi connectivity index (χ0v) is 11.2. The molecule has 0 spiro atoms. The van der Waals surface area contributed by atoms with E-state index in [9.17, 15) is 13.9 Å². The highest BCUT2D eigenvalue weighted by Gasteiger charge is 2.21. The van der Waals surface area contributed by atoms with E-state index in [0.29, 0.717) is 11.1 Å². The summed E-state index contributed by atoms with van der Waals surface area (Å²) in [6.07, 6.45) is -1.29. The van der Waals surface area contributed by atoms with Gasteiger partial charge in [0.25, 0.3) is 0 Å². The van der Waals surface area contributed by atoms with Crippen molar-refractivity contribution in [2.45, 2.75) is 26.9 Å². The molecule has 1 nitrogen and oxygen atoms in total. The first-order chi connectivity index (χ1) is 8.91. The van der Waals surface area contributed by atoms with Gasteiger partial charge in [0.05, 0.1) is 0 Å². The molecule has 0 aliphatic rings. The maximum Gasteiger partial charge on any atom is 0.132 e. The summed E-state index contributed by atoms with van der Waals surface area (Å²) in [7, 11) is 0. The molecule has 3 heteroatoms. The number of aliphatic hydroxyl groups is 1. The minimum atomic E-state index is -1.29. The number of benzene rings is 2. The van der Waals surface area contributed by atoms with Gasteiger partial charge in [0.1, 0.15) is 17.7 Å². The molecule has 0 aliphatic heterocycles. The third kappa shape index (κ3) is 2.51. The third-order valence-electron chi connectivity index (χ3n) is 3.27. The van der Waals surface area contributed by atoms with Gasteiger partial charge < -0.3 is 5.11 Å². The van der Waals surface area contributed by atoms with Crippen LogP contribution in [0.15, 0.2) is 30.3 Å². The van der Waals surface area contributed by atoms with Crippen LogP contribution in [0.1, 0.15) is 33.9 Å². The zero-order chi connectivity index (χ0) is 14.2. The van der Waals surface area contributed by atoms with Crippen LogP contribution in [-0.2, 0) is 0 Å². The van der Waals surface area contributed by atoms with Crippen LogP contribution in [0.25, 0.3) is 0 Å². The fourth-order valence-corrected chi connectivity index (χ4v) is 2.31. The second kappa shape index (κ2) is 5.10. The van der Waals surface area contributed by atoms with Crippen molar-refractivity contribution in [3.05, 3.63) is 69.8 Å². The topological polar surface area (TPSA) is 20.2 Å². The summed E-state index contributed by atoms with van der Waals surface area (Å²) in [4.78, 5) is 0. The van der Waals surface area contributed by atoms with Crippen LogP contribution in [0.4, 0.5) is 8.78 Å². The van der Waals surface area contributed by atoms with Gasteiger partial charge in [-0.05, 0) is 43.5 Å². The van der Waals surface area contributed by atoms with E-state index in [1.807, 2.05) is 0 Å². The van der Waals surface area contributed by atoms with Gasteiger partial charge in [-0.25, -0.2) is 8.78 Å². The Kier molecular flexibility index (Phi) is 3.67. The quantitative estimate of drug-likeness (QED) is 0.868. The van der Waals surface area contributed by atoms with Crippen LogP contribution in [0.5, 0.6) is 0 Å². The van der Waals surface area contributed by atoms with Crippen molar-refractivity contribution < 1.29 is 13.9 Å². The number of halogens is 2. The molecule has 0 bridgehead atoms. The van der Waals surface area contributed by atoms with Crippen LogP contribution < -0.4 is 0 Å². The van der Waals surface area contributed by atoms with Crippen molar-refractivity contribution >= 4 is 0 Å². The van der Waals surface area contributed by atoms with Gasteiger partial charge in [-0.3, -0.25) is 0 Å². The normalized spacial score (nSPS) is 12.5. The van der Waals surface area contributed by atoms with Gasteiger partial charge in [-0.1, -0.05) is 24.3 Å². The largest absolute Gasteiger partial charge is 0.383 e. The first kappa shape index (κ1) is 13.7. The van der Waals surface area contributed by atoms with Crippen LogP contribution in [-0.4, -0.2) is 5.11 Å². The van der Waals surface area contributed by atoms with Crippen molar-refractivity contribution in [2.75, 3.05) is 0 Å². The third-order valence-corrected chi connectivity index (χ3v) is 3.27. The average Bonchev–Trinajstić information content (AvgIpc) is 2.31. The average molecular weight is 262 g/mol. The van der Waals surface area contributed by atoms with Gasteiger partial charge in [-0.2, -0.15) is 0 Å². The summed E-state index contributed by atoms with van der Waals surface area (Å²) < 4.78 is 28.0. The first-order valence-electron chi connectivity index (χ1n) is 6.11. The molecular formula is C16H16F2O. The molecule has 0 amide bonds. The molecule has 0 saturated heterocycles. The molecule has 0 heterocycles.